The summed E-state index contributed by atoms with van der Waals surface area (Å²) in [4.78, 5) is 34.0. The predicted octanol–water partition coefficient (Wildman–Crippen LogP) is 2.25. The highest BCUT2D eigenvalue weighted by molar-refractivity contribution is 5.79. The van der Waals surface area contributed by atoms with E-state index < -0.39 is 36.4 Å². The van der Waals surface area contributed by atoms with E-state index in [-0.39, 0.29) is 6.54 Å². The molecule has 0 saturated heterocycles. The zero-order chi connectivity index (χ0) is 18.9. The van der Waals surface area contributed by atoms with Crippen LogP contribution in [0.3, 0.4) is 0 Å². The molecule has 0 aliphatic heterocycles. The number of amides is 2. The molecule has 0 saturated carbocycles. The number of rotatable bonds is 8. The number of urea groups is 1. The average molecular weight is 356 g/mol. The highest BCUT2D eigenvalue weighted by Crippen LogP contribution is 2.21. The van der Waals surface area contributed by atoms with E-state index in [0.29, 0.717) is 0 Å². The zero-order valence-corrected chi connectivity index (χ0v) is 14.0. The maximum Gasteiger partial charge on any atom is 0.315 e. The second-order valence-electron chi connectivity index (χ2n) is 5.74. The van der Waals surface area contributed by atoms with E-state index >= 15 is 0 Å². The molecule has 2 rings (SSSR count). The average Bonchev–Trinajstić information content (AvgIpc) is 2.64. The molecule has 0 aromatic heterocycles. The maximum absolute atomic E-state index is 12.3. The first-order valence-corrected chi connectivity index (χ1v) is 8.06. The normalized spacial score (nSPS) is 11.6. The summed E-state index contributed by atoms with van der Waals surface area (Å²) in [5.74, 6) is -3.69. The fraction of sp³-hybridized carbons (Fsp3) is 0.211. The molecule has 4 N–H and O–H groups in total. The van der Waals surface area contributed by atoms with Gasteiger partial charge in [-0.05, 0) is 11.1 Å². The molecule has 0 aliphatic carbocycles. The summed E-state index contributed by atoms with van der Waals surface area (Å²) in [7, 11) is 0. The number of carboxylic acids is 2. The van der Waals surface area contributed by atoms with Gasteiger partial charge in [-0.25, -0.2) is 4.79 Å². The van der Waals surface area contributed by atoms with Crippen LogP contribution in [0.5, 0.6) is 0 Å². The zero-order valence-electron chi connectivity index (χ0n) is 14.0. The van der Waals surface area contributed by atoms with Crippen molar-refractivity contribution in [3.63, 3.8) is 0 Å². The predicted molar refractivity (Wildman–Crippen MR) is 94.6 cm³/mol. The number of hydrogen-bond acceptors (Lipinski definition) is 3. The SMILES string of the molecule is O=C(O)CC(CNC(=O)NC(c1ccccc1)c1ccccc1)C(=O)O. The van der Waals surface area contributed by atoms with Gasteiger partial charge in [0.15, 0.2) is 0 Å². The van der Waals surface area contributed by atoms with Crippen LogP contribution in [0, 0.1) is 5.92 Å². The third-order valence-corrected chi connectivity index (χ3v) is 3.82. The van der Waals surface area contributed by atoms with E-state index in [2.05, 4.69) is 10.6 Å². The minimum atomic E-state index is -1.27. The highest BCUT2D eigenvalue weighted by atomic mass is 16.4. The third kappa shape index (κ3) is 5.62. The van der Waals surface area contributed by atoms with Crippen LogP contribution < -0.4 is 10.6 Å². The van der Waals surface area contributed by atoms with Crippen molar-refractivity contribution in [2.75, 3.05) is 6.54 Å². The number of benzene rings is 2. The topological polar surface area (TPSA) is 116 Å². The van der Waals surface area contributed by atoms with Gasteiger partial charge in [0.2, 0.25) is 0 Å². The summed E-state index contributed by atoms with van der Waals surface area (Å²) in [5, 5.41) is 23.0. The van der Waals surface area contributed by atoms with Crippen LogP contribution in [0.1, 0.15) is 23.6 Å². The van der Waals surface area contributed by atoms with Gasteiger partial charge in [0.25, 0.3) is 0 Å². The van der Waals surface area contributed by atoms with Crippen molar-refractivity contribution >= 4 is 18.0 Å². The van der Waals surface area contributed by atoms with Crippen molar-refractivity contribution in [2.24, 2.45) is 5.92 Å². The summed E-state index contributed by atoms with van der Waals surface area (Å²) in [5.41, 5.74) is 1.74. The standard InChI is InChI=1S/C19H20N2O5/c22-16(23)11-15(18(24)25)12-20-19(26)21-17(13-7-3-1-4-8-13)14-9-5-2-6-10-14/h1-10,15,17H,11-12H2,(H,22,23)(H,24,25)(H2,20,21,26). The number of carboxylic acid groups (broad SMARTS) is 2. The van der Waals surface area contributed by atoms with Gasteiger partial charge in [-0.1, -0.05) is 60.7 Å². The van der Waals surface area contributed by atoms with E-state index in [1.807, 2.05) is 60.7 Å². The lowest BCUT2D eigenvalue weighted by Gasteiger charge is -2.21. The molecule has 2 aromatic rings. The Balaban J connectivity index is 2.07. The minimum Gasteiger partial charge on any atom is -0.481 e. The van der Waals surface area contributed by atoms with Crippen molar-refractivity contribution in [2.45, 2.75) is 12.5 Å². The number of carbonyl (C=O) groups excluding carboxylic acids is 1. The van der Waals surface area contributed by atoms with Crippen LogP contribution in [0.4, 0.5) is 4.79 Å². The fourth-order valence-electron chi connectivity index (χ4n) is 2.51. The Morgan fingerprint density at radius 2 is 1.35 bits per heavy atom. The van der Waals surface area contributed by atoms with Crippen LogP contribution >= 0.6 is 0 Å². The molecular weight excluding hydrogens is 336 g/mol. The van der Waals surface area contributed by atoms with Gasteiger partial charge in [0.1, 0.15) is 0 Å². The number of hydrogen-bond donors (Lipinski definition) is 4. The Morgan fingerprint density at radius 1 is 0.846 bits per heavy atom. The van der Waals surface area contributed by atoms with Gasteiger partial charge >= 0.3 is 18.0 Å². The van der Waals surface area contributed by atoms with Gasteiger partial charge in [-0.3, -0.25) is 9.59 Å². The molecule has 1 unspecified atom stereocenters. The molecule has 0 spiro atoms. The van der Waals surface area contributed by atoms with Gasteiger partial charge in [-0.2, -0.15) is 0 Å². The molecule has 0 heterocycles. The first kappa shape index (κ1) is 19.0. The van der Waals surface area contributed by atoms with Crippen molar-refractivity contribution in [3.8, 4) is 0 Å². The molecular formula is C19H20N2O5. The molecule has 7 nitrogen and oxygen atoms in total. The fourth-order valence-corrected chi connectivity index (χ4v) is 2.51. The first-order valence-electron chi connectivity index (χ1n) is 8.06. The van der Waals surface area contributed by atoms with Crippen molar-refractivity contribution in [3.05, 3.63) is 71.8 Å². The van der Waals surface area contributed by atoms with E-state index in [4.69, 9.17) is 10.2 Å². The van der Waals surface area contributed by atoms with E-state index in [1.54, 1.807) is 0 Å². The summed E-state index contributed by atoms with van der Waals surface area (Å²) in [6.07, 6.45) is -0.559. The molecule has 0 bridgehead atoms. The molecule has 0 aliphatic rings. The first-order chi connectivity index (χ1) is 12.5. The molecule has 1 atom stereocenters. The molecule has 26 heavy (non-hydrogen) atoms. The lowest BCUT2D eigenvalue weighted by Crippen LogP contribution is -2.42. The lowest BCUT2D eigenvalue weighted by atomic mass is 9.99. The largest absolute Gasteiger partial charge is 0.481 e. The quantitative estimate of drug-likeness (QED) is 0.579. The minimum absolute atomic E-state index is 0.274. The molecule has 136 valence electrons. The highest BCUT2D eigenvalue weighted by Gasteiger charge is 2.23. The van der Waals surface area contributed by atoms with Crippen LogP contribution in [-0.4, -0.2) is 34.7 Å². The summed E-state index contributed by atoms with van der Waals surface area (Å²) in [6, 6.07) is 17.7. The summed E-state index contributed by atoms with van der Waals surface area (Å²) >= 11 is 0. The van der Waals surface area contributed by atoms with E-state index in [0.717, 1.165) is 11.1 Å². The maximum atomic E-state index is 12.3. The Kier molecular flexibility index (Phi) is 6.73. The Labute approximate surface area is 150 Å². The number of aliphatic carboxylic acids is 2. The van der Waals surface area contributed by atoms with Gasteiger partial charge in [0.05, 0.1) is 18.4 Å². The second-order valence-corrected chi connectivity index (χ2v) is 5.74. The molecule has 2 amide bonds. The number of carbonyl (C=O) groups is 3. The summed E-state index contributed by atoms with van der Waals surface area (Å²) in [6.45, 7) is -0.274. The number of nitrogens with one attached hydrogen (secondary N) is 2. The Bertz CT molecular complexity index is 710. The van der Waals surface area contributed by atoms with Crippen LogP contribution in [-0.2, 0) is 9.59 Å². The van der Waals surface area contributed by atoms with Crippen molar-refractivity contribution in [1.29, 1.82) is 0 Å². The van der Waals surface area contributed by atoms with E-state index in [1.165, 1.54) is 0 Å². The van der Waals surface area contributed by atoms with E-state index in [9.17, 15) is 14.4 Å². The molecule has 7 heteroatoms. The lowest BCUT2D eigenvalue weighted by molar-refractivity contribution is -0.148. The van der Waals surface area contributed by atoms with Gasteiger partial charge in [-0.15, -0.1) is 0 Å². The van der Waals surface area contributed by atoms with Crippen molar-refractivity contribution in [1.82, 2.24) is 10.6 Å². The molecule has 2 aromatic carbocycles. The van der Waals surface area contributed by atoms with Crippen LogP contribution in [0.15, 0.2) is 60.7 Å². The smallest absolute Gasteiger partial charge is 0.315 e. The summed E-state index contributed by atoms with van der Waals surface area (Å²) < 4.78 is 0. The second kappa shape index (κ2) is 9.22. The van der Waals surface area contributed by atoms with Crippen LogP contribution in [0.2, 0.25) is 0 Å². The monoisotopic (exact) mass is 356 g/mol. The van der Waals surface area contributed by atoms with Gasteiger partial charge in [0, 0.05) is 6.54 Å². The van der Waals surface area contributed by atoms with Gasteiger partial charge < -0.3 is 20.8 Å². The third-order valence-electron chi connectivity index (χ3n) is 3.82. The van der Waals surface area contributed by atoms with Crippen molar-refractivity contribution < 1.29 is 24.6 Å². The molecule has 0 fully saturated rings. The van der Waals surface area contributed by atoms with Crippen LogP contribution in [0.25, 0.3) is 0 Å². The Hall–Kier alpha value is -3.35. The Morgan fingerprint density at radius 3 is 1.77 bits per heavy atom. The molecule has 0 radical (unpaired) electrons.